The SMILES string of the molecule is CCOC(=O)c1c(C)[nH]c(C)c1-c1csc(NCc2ccco2)n1. The summed E-state index contributed by atoms with van der Waals surface area (Å²) in [6.07, 6.45) is 1.64. The van der Waals surface area contributed by atoms with Crippen LogP contribution in [0, 0.1) is 13.8 Å². The van der Waals surface area contributed by atoms with Gasteiger partial charge in [-0.2, -0.15) is 0 Å². The number of hydrogen-bond donors (Lipinski definition) is 2. The van der Waals surface area contributed by atoms with Crippen LogP contribution in [0.15, 0.2) is 28.2 Å². The molecule has 0 atom stereocenters. The number of anilines is 1. The molecule has 0 bridgehead atoms. The Morgan fingerprint density at radius 2 is 2.25 bits per heavy atom. The topological polar surface area (TPSA) is 80.2 Å². The number of furan rings is 1. The standard InChI is InChI=1S/C17H19N3O3S/c1-4-22-16(21)15-11(3)19-10(2)14(15)13-9-24-17(20-13)18-8-12-6-5-7-23-12/h5-7,9,19H,4,8H2,1-3H3,(H,18,20). The summed E-state index contributed by atoms with van der Waals surface area (Å²) in [6.45, 7) is 6.50. The Morgan fingerprint density at radius 3 is 2.96 bits per heavy atom. The number of H-pyrrole nitrogens is 1. The van der Waals surface area contributed by atoms with Crippen LogP contribution in [0.5, 0.6) is 0 Å². The van der Waals surface area contributed by atoms with Crippen molar-refractivity contribution in [2.75, 3.05) is 11.9 Å². The van der Waals surface area contributed by atoms with Crippen LogP contribution in [0.4, 0.5) is 5.13 Å². The highest BCUT2D eigenvalue weighted by Crippen LogP contribution is 2.33. The highest BCUT2D eigenvalue weighted by molar-refractivity contribution is 7.14. The van der Waals surface area contributed by atoms with Gasteiger partial charge < -0.3 is 19.5 Å². The summed E-state index contributed by atoms with van der Waals surface area (Å²) in [5.41, 5.74) is 3.80. The lowest BCUT2D eigenvalue weighted by Crippen LogP contribution is -2.07. The van der Waals surface area contributed by atoms with E-state index in [0.717, 1.165) is 33.5 Å². The highest BCUT2D eigenvalue weighted by Gasteiger charge is 2.23. The van der Waals surface area contributed by atoms with Gasteiger partial charge in [0, 0.05) is 22.3 Å². The van der Waals surface area contributed by atoms with E-state index in [1.807, 2.05) is 31.4 Å². The van der Waals surface area contributed by atoms with Gasteiger partial charge in [-0.1, -0.05) is 0 Å². The largest absolute Gasteiger partial charge is 0.467 e. The monoisotopic (exact) mass is 345 g/mol. The molecule has 0 spiro atoms. The number of aromatic amines is 1. The van der Waals surface area contributed by atoms with Gasteiger partial charge in [0.15, 0.2) is 5.13 Å². The molecule has 3 heterocycles. The average molecular weight is 345 g/mol. The minimum absolute atomic E-state index is 0.326. The Kier molecular flexibility index (Phi) is 4.71. The Bertz CT molecular complexity index is 834. The van der Waals surface area contributed by atoms with Gasteiger partial charge in [-0.25, -0.2) is 9.78 Å². The van der Waals surface area contributed by atoms with Gasteiger partial charge in [-0.05, 0) is 32.9 Å². The summed E-state index contributed by atoms with van der Waals surface area (Å²) in [4.78, 5) is 20.1. The molecule has 0 saturated heterocycles. The summed E-state index contributed by atoms with van der Waals surface area (Å²) in [5.74, 6) is 0.514. The smallest absolute Gasteiger partial charge is 0.340 e. The fourth-order valence-corrected chi connectivity index (χ4v) is 3.31. The number of nitrogens with zero attached hydrogens (tertiary/aromatic N) is 1. The molecule has 3 rings (SSSR count). The quantitative estimate of drug-likeness (QED) is 0.656. The van der Waals surface area contributed by atoms with Gasteiger partial charge in [0.05, 0.1) is 30.7 Å². The molecule has 126 valence electrons. The number of hydrogen-bond acceptors (Lipinski definition) is 6. The Labute approximate surface area is 143 Å². The van der Waals surface area contributed by atoms with E-state index in [2.05, 4.69) is 15.3 Å². The molecule has 3 aromatic rings. The number of carbonyl (C=O) groups excluding carboxylic acids is 1. The number of nitrogens with one attached hydrogen (secondary N) is 2. The zero-order valence-electron chi connectivity index (χ0n) is 13.8. The number of rotatable bonds is 6. The third kappa shape index (κ3) is 3.21. The zero-order chi connectivity index (χ0) is 17.1. The van der Waals surface area contributed by atoms with E-state index >= 15 is 0 Å². The van der Waals surface area contributed by atoms with Gasteiger partial charge in [0.25, 0.3) is 0 Å². The summed E-state index contributed by atoms with van der Waals surface area (Å²) in [6, 6.07) is 3.75. The minimum Gasteiger partial charge on any atom is -0.467 e. The van der Waals surface area contributed by atoms with Crippen LogP contribution in [0.1, 0.15) is 34.4 Å². The molecule has 6 nitrogen and oxygen atoms in total. The first-order chi connectivity index (χ1) is 11.6. The number of ether oxygens (including phenoxy) is 1. The average Bonchev–Trinajstić information content (AvgIpc) is 3.25. The van der Waals surface area contributed by atoms with Crippen molar-refractivity contribution in [3.05, 3.63) is 46.5 Å². The maximum atomic E-state index is 12.3. The maximum Gasteiger partial charge on any atom is 0.340 e. The van der Waals surface area contributed by atoms with Crippen LogP contribution < -0.4 is 5.32 Å². The van der Waals surface area contributed by atoms with Gasteiger partial charge in [0.2, 0.25) is 0 Å². The van der Waals surface area contributed by atoms with Gasteiger partial charge >= 0.3 is 5.97 Å². The molecule has 0 unspecified atom stereocenters. The van der Waals surface area contributed by atoms with Crippen molar-refractivity contribution in [3.63, 3.8) is 0 Å². The lowest BCUT2D eigenvalue weighted by Gasteiger charge is -2.04. The van der Waals surface area contributed by atoms with Crippen LogP contribution in [0.2, 0.25) is 0 Å². The zero-order valence-corrected chi connectivity index (χ0v) is 14.6. The molecule has 0 fully saturated rings. The van der Waals surface area contributed by atoms with E-state index in [4.69, 9.17) is 9.15 Å². The first-order valence-electron chi connectivity index (χ1n) is 7.68. The van der Waals surface area contributed by atoms with E-state index in [1.54, 1.807) is 13.2 Å². The summed E-state index contributed by atoms with van der Waals surface area (Å²) < 4.78 is 10.5. The number of aromatic nitrogens is 2. The molecular weight excluding hydrogens is 326 g/mol. The molecule has 0 radical (unpaired) electrons. The van der Waals surface area contributed by atoms with Crippen molar-refractivity contribution < 1.29 is 13.9 Å². The first-order valence-corrected chi connectivity index (χ1v) is 8.56. The second-order valence-electron chi connectivity index (χ2n) is 5.32. The second-order valence-corrected chi connectivity index (χ2v) is 6.17. The van der Waals surface area contributed by atoms with Crippen molar-refractivity contribution in [1.82, 2.24) is 9.97 Å². The van der Waals surface area contributed by atoms with Crippen LogP contribution in [-0.4, -0.2) is 22.5 Å². The fourth-order valence-electron chi connectivity index (χ4n) is 2.61. The van der Waals surface area contributed by atoms with Gasteiger partial charge in [-0.3, -0.25) is 0 Å². The van der Waals surface area contributed by atoms with Crippen LogP contribution in [0.3, 0.4) is 0 Å². The van der Waals surface area contributed by atoms with Crippen molar-refractivity contribution in [1.29, 1.82) is 0 Å². The molecule has 0 aromatic carbocycles. The lowest BCUT2D eigenvalue weighted by molar-refractivity contribution is 0.0526. The Balaban J connectivity index is 1.85. The number of esters is 1. The van der Waals surface area contributed by atoms with Gasteiger partial charge in [-0.15, -0.1) is 11.3 Å². The Hall–Kier alpha value is -2.54. The molecule has 24 heavy (non-hydrogen) atoms. The molecule has 7 heteroatoms. The van der Waals surface area contributed by atoms with Crippen LogP contribution in [0.25, 0.3) is 11.3 Å². The molecular formula is C17H19N3O3S. The number of thiazole rings is 1. The van der Waals surface area contributed by atoms with E-state index < -0.39 is 0 Å². The van der Waals surface area contributed by atoms with Gasteiger partial charge in [0.1, 0.15) is 5.76 Å². The van der Waals surface area contributed by atoms with E-state index in [0.29, 0.717) is 18.7 Å². The maximum absolute atomic E-state index is 12.3. The van der Waals surface area contributed by atoms with E-state index in [1.165, 1.54) is 11.3 Å². The Morgan fingerprint density at radius 1 is 1.42 bits per heavy atom. The van der Waals surface area contributed by atoms with Crippen molar-refractivity contribution in [2.45, 2.75) is 27.3 Å². The van der Waals surface area contributed by atoms with Crippen molar-refractivity contribution in [3.8, 4) is 11.3 Å². The van der Waals surface area contributed by atoms with Crippen LogP contribution >= 0.6 is 11.3 Å². The summed E-state index contributed by atoms with van der Waals surface area (Å²) in [7, 11) is 0. The van der Waals surface area contributed by atoms with E-state index in [9.17, 15) is 4.79 Å². The third-order valence-corrected chi connectivity index (χ3v) is 4.41. The molecule has 0 aliphatic rings. The molecule has 0 saturated carbocycles. The van der Waals surface area contributed by atoms with Crippen molar-refractivity contribution >= 4 is 22.4 Å². The van der Waals surface area contributed by atoms with Crippen molar-refractivity contribution in [2.24, 2.45) is 0 Å². The van der Waals surface area contributed by atoms with Crippen LogP contribution in [-0.2, 0) is 11.3 Å². The normalized spacial score (nSPS) is 10.8. The summed E-state index contributed by atoms with van der Waals surface area (Å²) in [5, 5.41) is 5.93. The molecule has 0 aliphatic carbocycles. The fraction of sp³-hybridized carbons (Fsp3) is 0.294. The predicted octanol–water partition coefficient (Wildman–Crippen LogP) is 4.14. The minimum atomic E-state index is -0.326. The molecule has 0 aliphatic heterocycles. The molecule has 3 aromatic heterocycles. The number of carbonyl (C=O) groups is 1. The molecule has 2 N–H and O–H groups in total. The lowest BCUT2D eigenvalue weighted by atomic mass is 10.1. The predicted molar refractivity (Wildman–Crippen MR) is 93.4 cm³/mol. The first kappa shape index (κ1) is 16.3. The highest BCUT2D eigenvalue weighted by atomic mass is 32.1. The van der Waals surface area contributed by atoms with E-state index in [-0.39, 0.29) is 5.97 Å². The summed E-state index contributed by atoms with van der Waals surface area (Å²) >= 11 is 1.49. The second kappa shape index (κ2) is 6.92. The third-order valence-electron chi connectivity index (χ3n) is 3.61. The number of aryl methyl sites for hydroxylation is 2. The molecule has 0 amide bonds.